The number of hydrogen-bond donors (Lipinski definition) is 3. The number of carboxylic acids is 1. The van der Waals surface area contributed by atoms with E-state index >= 15 is 0 Å². The lowest BCUT2D eigenvalue weighted by Gasteiger charge is -2.28. The molecule has 3 N–H and O–H groups in total. The van der Waals surface area contributed by atoms with Gasteiger partial charge in [0.1, 0.15) is 12.1 Å². The molecule has 0 unspecified atom stereocenters. The lowest BCUT2D eigenvalue weighted by Crippen LogP contribution is -2.53. The van der Waals surface area contributed by atoms with Gasteiger partial charge in [0.05, 0.1) is 11.8 Å². The summed E-state index contributed by atoms with van der Waals surface area (Å²) in [6.07, 6.45) is 2.89. The van der Waals surface area contributed by atoms with Crippen LogP contribution in [0.4, 0.5) is 0 Å². The molecule has 2 rings (SSSR count). The van der Waals surface area contributed by atoms with E-state index in [0.717, 1.165) is 6.42 Å². The quantitative estimate of drug-likeness (QED) is 0.574. The van der Waals surface area contributed by atoms with Crippen LogP contribution in [0.25, 0.3) is 0 Å². The number of carboxylic acid groups (broad SMARTS) is 1. The van der Waals surface area contributed by atoms with Crippen LogP contribution in [0.15, 0.2) is 0 Å². The monoisotopic (exact) mass is 381 g/mol. The number of hydrogen-bond acceptors (Lipinski definition) is 4. The Morgan fingerprint density at radius 2 is 2.00 bits per heavy atom. The minimum absolute atomic E-state index is 0.0380. The third-order valence-corrected chi connectivity index (χ3v) is 5.40. The van der Waals surface area contributed by atoms with E-state index in [0.29, 0.717) is 32.2 Å². The van der Waals surface area contributed by atoms with E-state index in [2.05, 4.69) is 10.6 Å². The number of aliphatic carboxylic acids is 1. The van der Waals surface area contributed by atoms with Gasteiger partial charge in [0.25, 0.3) is 0 Å². The molecule has 0 spiro atoms. The normalized spacial score (nSPS) is 24.8. The van der Waals surface area contributed by atoms with Crippen molar-refractivity contribution in [1.29, 1.82) is 0 Å². The summed E-state index contributed by atoms with van der Waals surface area (Å²) in [7, 11) is 0. The van der Waals surface area contributed by atoms with Gasteiger partial charge in [-0.25, -0.2) is 0 Å². The lowest BCUT2D eigenvalue weighted by atomic mass is 9.82. The standard InChI is InChI=1S/C19H31N3O5/c1-4-6-12(19(26)27)13(9-11(2)3)16(23)21-14-10-20-17(24)15-7-5-8-22(15)18(14)25/h11-15H,4-10H2,1-3H3,(H,20,24)(H,21,23)(H,26,27)/t12-,13+,14-,15+/m1/s1. The molecule has 2 fully saturated rings. The van der Waals surface area contributed by atoms with E-state index in [1.807, 2.05) is 20.8 Å². The molecule has 0 bridgehead atoms. The van der Waals surface area contributed by atoms with Crippen molar-refractivity contribution in [3.63, 3.8) is 0 Å². The SMILES string of the molecule is CCC[C@@H](C(=O)O)[C@H](CC(C)C)C(=O)N[C@@H]1CNC(=O)[C@@H]2CCCN2C1=O. The zero-order chi connectivity index (χ0) is 20.1. The predicted molar refractivity (Wildman–Crippen MR) is 98.7 cm³/mol. The highest BCUT2D eigenvalue weighted by Gasteiger charge is 2.42. The second kappa shape index (κ2) is 9.19. The molecule has 8 heteroatoms. The molecule has 0 aromatic carbocycles. The maximum Gasteiger partial charge on any atom is 0.307 e. The van der Waals surface area contributed by atoms with Crippen molar-refractivity contribution in [3.05, 3.63) is 0 Å². The van der Waals surface area contributed by atoms with Gasteiger partial charge in [0.15, 0.2) is 0 Å². The molecule has 4 atom stereocenters. The van der Waals surface area contributed by atoms with Gasteiger partial charge in [0, 0.05) is 13.1 Å². The molecule has 8 nitrogen and oxygen atoms in total. The van der Waals surface area contributed by atoms with Gasteiger partial charge in [0.2, 0.25) is 17.7 Å². The average molecular weight is 381 g/mol. The van der Waals surface area contributed by atoms with Gasteiger partial charge in [-0.3, -0.25) is 19.2 Å². The van der Waals surface area contributed by atoms with Crippen molar-refractivity contribution in [2.75, 3.05) is 13.1 Å². The molecule has 0 aromatic heterocycles. The van der Waals surface area contributed by atoms with Crippen molar-refractivity contribution in [3.8, 4) is 0 Å². The second-order valence-electron chi connectivity index (χ2n) is 7.97. The van der Waals surface area contributed by atoms with Gasteiger partial charge in [-0.2, -0.15) is 0 Å². The Kier molecular flexibility index (Phi) is 7.21. The summed E-state index contributed by atoms with van der Waals surface area (Å²) in [4.78, 5) is 51.1. The van der Waals surface area contributed by atoms with Crippen molar-refractivity contribution in [1.82, 2.24) is 15.5 Å². The van der Waals surface area contributed by atoms with E-state index in [9.17, 15) is 24.3 Å². The first-order valence-electron chi connectivity index (χ1n) is 9.87. The molecule has 0 saturated carbocycles. The molecule has 3 amide bonds. The summed E-state index contributed by atoms with van der Waals surface area (Å²) in [6.45, 7) is 6.31. The molecule has 0 radical (unpaired) electrons. The highest BCUT2D eigenvalue weighted by atomic mass is 16.4. The highest BCUT2D eigenvalue weighted by Crippen LogP contribution is 2.26. The average Bonchev–Trinajstić information content (AvgIpc) is 3.06. The molecule has 2 aliphatic heterocycles. The van der Waals surface area contributed by atoms with Crippen LogP contribution in [0.1, 0.15) is 52.9 Å². The van der Waals surface area contributed by atoms with Gasteiger partial charge >= 0.3 is 5.97 Å². The van der Waals surface area contributed by atoms with Gasteiger partial charge < -0.3 is 20.6 Å². The Bertz CT molecular complexity index is 592. The zero-order valence-electron chi connectivity index (χ0n) is 16.4. The maximum absolute atomic E-state index is 12.9. The largest absolute Gasteiger partial charge is 0.481 e. The number of carbonyl (C=O) groups excluding carboxylic acids is 3. The number of nitrogens with one attached hydrogen (secondary N) is 2. The topological polar surface area (TPSA) is 116 Å². The Balaban J connectivity index is 2.16. The number of fused-ring (bicyclic) bond motifs is 1. The molecule has 0 aromatic rings. The van der Waals surface area contributed by atoms with Gasteiger partial charge in [-0.05, 0) is 31.6 Å². The predicted octanol–water partition coefficient (Wildman–Crippen LogP) is 0.755. The molecule has 0 aliphatic carbocycles. The summed E-state index contributed by atoms with van der Waals surface area (Å²) < 4.78 is 0. The third kappa shape index (κ3) is 4.99. The van der Waals surface area contributed by atoms with Gasteiger partial charge in [-0.1, -0.05) is 27.2 Å². The summed E-state index contributed by atoms with van der Waals surface area (Å²) >= 11 is 0. The Hall–Kier alpha value is -2.12. The minimum atomic E-state index is -0.988. The van der Waals surface area contributed by atoms with Crippen molar-refractivity contribution >= 4 is 23.7 Å². The fourth-order valence-corrected chi connectivity index (χ4v) is 4.07. The van der Waals surface area contributed by atoms with Gasteiger partial charge in [-0.15, -0.1) is 0 Å². The molecular weight excluding hydrogens is 350 g/mol. The van der Waals surface area contributed by atoms with E-state index in [-0.39, 0.29) is 24.3 Å². The number of nitrogens with zero attached hydrogens (tertiary/aromatic N) is 1. The minimum Gasteiger partial charge on any atom is -0.481 e. The van der Waals surface area contributed by atoms with Crippen LogP contribution in [-0.4, -0.2) is 58.9 Å². The Morgan fingerprint density at radius 3 is 2.59 bits per heavy atom. The fraction of sp³-hybridized carbons (Fsp3) is 0.789. The van der Waals surface area contributed by atoms with E-state index < -0.39 is 35.8 Å². The van der Waals surface area contributed by atoms with Crippen LogP contribution in [0, 0.1) is 17.8 Å². The Morgan fingerprint density at radius 1 is 1.30 bits per heavy atom. The first-order valence-corrected chi connectivity index (χ1v) is 9.87. The van der Waals surface area contributed by atoms with Crippen LogP contribution in [-0.2, 0) is 19.2 Å². The summed E-state index contributed by atoms with van der Waals surface area (Å²) in [5, 5.41) is 15.0. The second-order valence-corrected chi connectivity index (χ2v) is 7.97. The highest BCUT2D eigenvalue weighted by molar-refractivity contribution is 5.96. The first kappa shape index (κ1) is 21.2. The number of rotatable bonds is 8. The van der Waals surface area contributed by atoms with Crippen molar-refractivity contribution in [2.45, 2.75) is 65.0 Å². The smallest absolute Gasteiger partial charge is 0.307 e. The molecule has 27 heavy (non-hydrogen) atoms. The number of carbonyl (C=O) groups is 4. The van der Waals surface area contributed by atoms with Crippen LogP contribution in [0.3, 0.4) is 0 Å². The molecule has 2 aliphatic rings. The lowest BCUT2D eigenvalue weighted by molar-refractivity contribution is -0.148. The molecule has 2 heterocycles. The van der Waals surface area contributed by atoms with Crippen LogP contribution < -0.4 is 10.6 Å². The van der Waals surface area contributed by atoms with E-state index in [1.165, 1.54) is 4.90 Å². The first-order chi connectivity index (χ1) is 12.8. The van der Waals surface area contributed by atoms with Crippen molar-refractivity contribution in [2.24, 2.45) is 17.8 Å². The molecule has 152 valence electrons. The zero-order valence-corrected chi connectivity index (χ0v) is 16.4. The molecular formula is C19H31N3O5. The van der Waals surface area contributed by atoms with Crippen LogP contribution in [0.2, 0.25) is 0 Å². The van der Waals surface area contributed by atoms with Crippen LogP contribution >= 0.6 is 0 Å². The van der Waals surface area contributed by atoms with Crippen LogP contribution in [0.5, 0.6) is 0 Å². The molecule has 2 saturated heterocycles. The van der Waals surface area contributed by atoms with E-state index in [1.54, 1.807) is 0 Å². The Labute approximate surface area is 160 Å². The third-order valence-electron chi connectivity index (χ3n) is 5.40. The summed E-state index contributed by atoms with van der Waals surface area (Å²) in [5.41, 5.74) is 0. The fourth-order valence-electron chi connectivity index (χ4n) is 4.07. The maximum atomic E-state index is 12.9. The van der Waals surface area contributed by atoms with Crippen molar-refractivity contribution < 1.29 is 24.3 Å². The summed E-state index contributed by atoms with van der Waals surface area (Å²) in [6, 6.07) is -1.31. The van der Waals surface area contributed by atoms with E-state index in [4.69, 9.17) is 0 Å². The summed E-state index contributed by atoms with van der Waals surface area (Å²) in [5.74, 6) is -3.21. The number of amides is 3.